The number of amides is 2. The summed E-state index contributed by atoms with van der Waals surface area (Å²) in [6, 6.07) is 8.85. The summed E-state index contributed by atoms with van der Waals surface area (Å²) in [6.45, 7) is 1.38. The summed E-state index contributed by atoms with van der Waals surface area (Å²) in [7, 11) is 0. The number of carbonyl (C=O) groups excluding carboxylic acids is 2. The minimum Gasteiger partial charge on any atom is -0.464 e. The third-order valence-corrected chi connectivity index (χ3v) is 2.88. The highest BCUT2D eigenvalue weighted by Gasteiger charge is 2.55. The van der Waals surface area contributed by atoms with Gasteiger partial charge in [0.2, 0.25) is 0 Å². The molecule has 0 spiro atoms. The highest BCUT2D eigenvalue weighted by atomic mass is 16.6. The van der Waals surface area contributed by atoms with Gasteiger partial charge in [-0.1, -0.05) is 30.3 Å². The molecule has 2 amide bonds. The first-order chi connectivity index (χ1) is 8.45. The van der Waals surface area contributed by atoms with Crippen LogP contribution in [0.3, 0.4) is 0 Å². The van der Waals surface area contributed by atoms with E-state index in [-0.39, 0.29) is 6.42 Å². The molecule has 1 N–H and O–H groups in total. The molecule has 1 fully saturated rings. The molecule has 0 unspecified atom stereocenters. The van der Waals surface area contributed by atoms with E-state index in [0.29, 0.717) is 4.90 Å². The van der Waals surface area contributed by atoms with Crippen LogP contribution in [0.1, 0.15) is 12.5 Å². The second-order valence-electron chi connectivity index (χ2n) is 4.21. The van der Waals surface area contributed by atoms with Crippen LogP contribution in [0.25, 0.3) is 0 Å². The van der Waals surface area contributed by atoms with Crippen molar-refractivity contribution < 1.29 is 24.2 Å². The van der Waals surface area contributed by atoms with Gasteiger partial charge in [0.15, 0.2) is 5.54 Å². The van der Waals surface area contributed by atoms with E-state index in [0.717, 1.165) is 5.56 Å². The Hall–Kier alpha value is -2.37. The van der Waals surface area contributed by atoms with Crippen LogP contribution in [0.2, 0.25) is 0 Å². The van der Waals surface area contributed by atoms with Gasteiger partial charge < -0.3 is 9.84 Å². The number of hydrogen-bond donors (Lipinski definition) is 1. The van der Waals surface area contributed by atoms with E-state index in [1.54, 1.807) is 30.3 Å². The zero-order chi connectivity index (χ0) is 13.3. The highest BCUT2D eigenvalue weighted by Crippen LogP contribution is 2.29. The summed E-state index contributed by atoms with van der Waals surface area (Å²) in [4.78, 5) is 34.5. The summed E-state index contributed by atoms with van der Waals surface area (Å²) in [5.41, 5.74) is -0.762. The molecule has 1 saturated heterocycles. The molecule has 2 rings (SSSR count). The topological polar surface area (TPSA) is 83.9 Å². The maximum absolute atomic E-state index is 11.7. The zero-order valence-electron chi connectivity index (χ0n) is 9.62. The molecule has 0 aromatic heterocycles. The van der Waals surface area contributed by atoms with Gasteiger partial charge in [0, 0.05) is 6.42 Å². The number of rotatable bonds is 2. The van der Waals surface area contributed by atoms with E-state index in [2.05, 4.69) is 4.74 Å². The zero-order valence-corrected chi connectivity index (χ0v) is 9.62. The minimum absolute atomic E-state index is 0.0880. The first kappa shape index (κ1) is 12.1. The van der Waals surface area contributed by atoms with Crippen LogP contribution in [0.15, 0.2) is 30.3 Å². The van der Waals surface area contributed by atoms with E-state index in [4.69, 9.17) is 5.11 Å². The largest absolute Gasteiger partial charge is 0.464 e. The quantitative estimate of drug-likeness (QED) is 0.636. The van der Waals surface area contributed by atoms with Gasteiger partial charge in [0.1, 0.15) is 0 Å². The molecule has 6 heteroatoms. The van der Waals surface area contributed by atoms with Crippen LogP contribution < -0.4 is 0 Å². The van der Waals surface area contributed by atoms with Crippen molar-refractivity contribution in [3.63, 3.8) is 0 Å². The van der Waals surface area contributed by atoms with E-state index in [1.165, 1.54) is 6.92 Å². The number of benzene rings is 1. The average Bonchev–Trinajstić information content (AvgIpc) is 2.50. The van der Waals surface area contributed by atoms with E-state index in [1.807, 2.05) is 0 Å². The SMILES string of the molecule is C[C@]1(Cc2ccccc2)C(=O)OC(=O)N1C(=O)O. The number of ether oxygens (including phenoxy) is 1. The van der Waals surface area contributed by atoms with Gasteiger partial charge in [-0.2, -0.15) is 4.90 Å². The molecule has 6 nitrogen and oxygen atoms in total. The Morgan fingerprint density at radius 1 is 1.33 bits per heavy atom. The fraction of sp³-hybridized carbons (Fsp3) is 0.250. The average molecular weight is 249 g/mol. The van der Waals surface area contributed by atoms with Crippen LogP contribution >= 0.6 is 0 Å². The van der Waals surface area contributed by atoms with E-state index in [9.17, 15) is 14.4 Å². The second-order valence-corrected chi connectivity index (χ2v) is 4.21. The lowest BCUT2D eigenvalue weighted by Gasteiger charge is -2.25. The first-order valence-corrected chi connectivity index (χ1v) is 5.28. The molecule has 1 heterocycles. The lowest BCUT2D eigenvalue weighted by Crippen LogP contribution is -2.51. The molecule has 0 aliphatic carbocycles. The third-order valence-electron chi connectivity index (χ3n) is 2.88. The van der Waals surface area contributed by atoms with Gasteiger partial charge >= 0.3 is 18.2 Å². The smallest absolute Gasteiger partial charge is 0.428 e. The minimum atomic E-state index is -1.51. The molecule has 0 saturated carbocycles. The standard InChI is InChI=1S/C12H11NO5/c1-12(7-8-5-3-2-4-6-8)9(14)18-11(17)13(12)10(15)16/h2-6H,7H2,1H3,(H,15,16)/t12-/m0/s1. The molecule has 18 heavy (non-hydrogen) atoms. The van der Waals surface area contributed by atoms with Crippen molar-refractivity contribution in [2.75, 3.05) is 0 Å². The molecule has 1 aliphatic rings. The van der Waals surface area contributed by atoms with Crippen LogP contribution in [-0.4, -0.2) is 33.7 Å². The summed E-state index contributed by atoms with van der Waals surface area (Å²) in [5, 5.41) is 8.99. The molecule has 1 aromatic rings. The normalized spacial score (nSPS) is 23.1. The van der Waals surface area contributed by atoms with Crippen molar-refractivity contribution in [3.05, 3.63) is 35.9 Å². The third kappa shape index (κ3) is 1.81. The van der Waals surface area contributed by atoms with Crippen LogP contribution in [0.5, 0.6) is 0 Å². The summed E-state index contributed by atoms with van der Waals surface area (Å²) < 4.78 is 4.39. The van der Waals surface area contributed by atoms with Crippen molar-refractivity contribution in [2.24, 2.45) is 0 Å². The lowest BCUT2D eigenvalue weighted by atomic mass is 9.92. The molecule has 1 aliphatic heterocycles. The Morgan fingerprint density at radius 3 is 2.50 bits per heavy atom. The van der Waals surface area contributed by atoms with Crippen molar-refractivity contribution in [1.82, 2.24) is 4.90 Å². The second kappa shape index (κ2) is 4.14. The Bertz CT molecular complexity index is 512. The predicted molar refractivity (Wildman–Crippen MR) is 59.9 cm³/mol. The van der Waals surface area contributed by atoms with Gasteiger partial charge in [-0.3, -0.25) is 0 Å². The fourth-order valence-electron chi connectivity index (χ4n) is 1.96. The number of cyclic esters (lactones) is 2. The van der Waals surface area contributed by atoms with Gasteiger partial charge in [-0.25, -0.2) is 14.4 Å². The molecule has 1 aromatic carbocycles. The summed E-state index contributed by atoms with van der Waals surface area (Å²) in [6.07, 6.45) is -2.56. The Morgan fingerprint density at radius 2 is 1.94 bits per heavy atom. The molecular weight excluding hydrogens is 238 g/mol. The summed E-state index contributed by atoms with van der Waals surface area (Å²) >= 11 is 0. The first-order valence-electron chi connectivity index (χ1n) is 5.28. The van der Waals surface area contributed by atoms with E-state index >= 15 is 0 Å². The Balaban J connectivity index is 2.35. The van der Waals surface area contributed by atoms with Gasteiger partial charge in [0.05, 0.1) is 0 Å². The molecular formula is C12H11NO5. The highest BCUT2D eigenvalue weighted by molar-refractivity contribution is 6.06. The fourth-order valence-corrected chi connectivity index (χ4v) is 1.96. The van der Waals surface area contributed by atoms with Gasteiger partial charge in [-0.15, -0.1) is 0 Å². The Labute approximate surface area is 103 Å². The molecule has 0 bridgehead atoms. The maximum atomic E-state index is 11.7. The van der Waals surface area contributed by atoms with Crippen LogP contribution in [-0.2, 0) is 16.0 Å². The maximum Gasteiger partial charge on any atom is 0.428 e. The monoisotopic (exact) mass is 249 g/mol. The van der Waals surface area contributed by atoms with Gasteiger partial charge in [-0.05, 0) is 12.5 Å². The molecule has 94 valence electrons. The number of imide groups is 1. The molecule has 1 atom stereocenters. The van der Waals surface area contributed by atoms with Gasteiger partial charge in [0.25, 0.3) is 0 Å². The number of carbonyl (C=O) groups is 3. The predicted octanol–water partition coefficient (Wildman–Crippen LogP) is 1.64. The number of hydrogen-bond acceptors (Lipinski definition) is 4. The molecule has 0 radical (unpaired) electrons. The van der Waals surface area contributed by atoms with Crippen molar-refractivity contribution >= 4 is 18.2 Å². The van der Waals surface area contributed by atoms with E-state index < -0.39 is 23.7 Å². The summed E-state index contributed by atoms with van der Waals surface area (Å²) in [5.74, 6) is -0.848. The van der Waals surface area contributed by atoms with Crippen molar-refractivity contribution in [1.29, 1.82) is 0 Å². The number of carboxylic acid groups (broad SMARTS) is 1. The van der Waals surface area contributed by atoms with Crippen LogP contribution in [0, 0.1) is 0 Å². The number of esters is 1. The number of nitrogens with zero attached hydrogens (tertiary/aromatic N) is 1. The van der Waals surface area contributed by atoms with Crippen molar-refractivity contribution in [3.8, 4) is 0 Å². The van der Waals surface area contributed by atoms with Crippen LogP contribution in [0.4, 0.5) is 9.59 Å². The van der Waals surface area contributed by atoms with Crippen molar-refractivity contribution in [2.45, 2.75) is 18.9 Å². The lowest BCUT2D eigenvalue weighted by molar-refractivity contribution is -0.139. The Kier molecular flexibility index (Phi) is 2.78.